The van der Waals surface area contributed by atoms with Crippen LogP contribution < -0.4 is 0 Å². The fourth-order valence-corrected chi connectivity index (χ4v) is 0.975. The van der Waals surface area contributed by atoms with Crippen LogP contribution in [0.2, 0.25) is 0 Å². The molecule has 0 aliphatic carbocycles. The molecule has 0 N–H and O–H groups in total. The number of rotatable bonds is 5. The summed E-state index contributed by atoms with van der Waals surface area (Å²) in [5, 5.41) is 0. The van der Waals surface area contributed by atoms with Gasteiger partial charge >= 0.3 is 0 Å². The third kappa shape index (κ3) is 4.46. The monoisotopic (exact) mass is 173 g/mol. The first-order valence-electron chi connectivity index (χ1n) is 4.14. The lowest BCUT2D eigenvalue weighted by Crippen LogP contribution is -2.38. The molecule has 71 valence electrons. The van der Waals surface area contributed by atoms with Gasteiger partial charge in [0.2, 0.25) is 5.79 Å². The van der Waals surface area contributed by atoms with Crippen molar-refractivity contribution >= 4 is 6.29 Å². The molecule has 0 rings (SSSR count). The molecule has 0 bridgehead atoms. The van der Waals surface area contributed by atoms with E-state index < -0.39 is 5.79 Å². The van der Waals surface area contributed by atoms with Gasteiger partial charge in [-0.25, -0.2) is 0 Å². The standard InChI is InChI=1S/C9H17O3/c1-7(2)11-9(5,6-10)12-8(3)4/h7-8H,1-5H3. The van der Waals surface area contributed by atoms with E-state index in [9.17, 15) is 4.79 Å². The molecule has 0 heterocycles. The Morgan fingerprint density at radius 2 is 1.42 bits per heavy atom. The van der Waals surface area contributed by atoms with Crippen molar-refractivity contribution in [1.29, 1.82) is 0 Å². The second-order valence-electron chi connectivity index (χ2n) is 3.38. The van der Waals surface area contributed by atoms with Crippen LogP contribution in [0.3, 0.4) is 0 Å². The smallest absolute Gasteiger partial charge is 0.262 e. The van der Waals surface area contributed by atoms with Gasteiger partial charge in [-0.3, -0.25) is 4.79 Å². The third-order valence-corrected chi connectivity index (χ3v) is 1.11. The summed E-state index contributed by atoms with van der Waals surface area (Å²) in [4.78, 5) is 10.5. The van der Waals surface area contributed by atoms with Crippen molar-refractivity contribution in [3.63, 3.8) is 0 Å². The summed E-state index contributed by atoms with van der Waals surface area (Å²) in [6.07, 6.45) is 1.65. The van der Waals surface area contributed by atoms with Crippen molar-refractivity contribution in [3.8, 4) is 0 Å². The van der Waals surface area contributed by atoms with Gasteiger partial charge in [-0.15, -0.1) is 0 Å². The van der Waals surface area contributed by atoms with Crippen LogP contribution in [0.5, 0.6) is 0 Å². The second-order valence-corrected chi connectivity index (χ2v) is 3.38. The van der Waals surface area contributed by atoms with Crippen molar-refractivity contribution < 1.29 is 14.3 Å². The van der Waals surface area contributed by atoms with E-state index in [-0.39, 0.29) is 12.2 Å². The Hall–Kier alpha value is -0.410. The van der Waals surface area contributed by atoms with Crippen molar-refractivity contribution in [2.24, 2.45) is 0 Å². The van der Waals surface area contributed by atoms with Crippen molar-refractivity contribution in [2.75, 3.05) is 0 Å². The molecule has 0 aliphatic heterocycles. The van der Waals surface area contributed by atoms with Crippen LogP contribution in [0.1, 0.15) is 34.6 Å². The lowest BCUT2D eigenvalue weighted by Gasteiger charge is -2.27. The molecule has 0 unspecified atom stereocenters. The van der Waals surface area contributed by atoms with E-state index in [0.717, 1.165) is 0 Å². The molecule has 0 aromatic heterocycles. The van der Waals surface area contributed by atoms with E-state index in [1.54, 1.807) is 13.2 Å². The molecule has 1 radical (unpaired) electrons. The normalized spacial score (nSPS) is 12.6. The van der Waals surface area contributed by atoms with Gasteiger partial charge in [0.25, 0.3) is 6.29 Å². The number of ether oxygens (including phenoxy) is 2. The van der Waals surface area contributed by atoms with Gasteiger partial charge < -0.3 is 9.47 Å². The van der Waals surface area contributed by atoms with Crippen molar-refractivity contribution in [3.05, 3.63) is 0 Å². The molecule has 0 aromatic rings. The van der Waals surface area contributed by atoms with E-state index in [4.69, 9.17) is 9.47 Å². The first-order valence-corrected chi connectivity index (χ1v) is 4.14. The van der Waals surface area contributed by atoms with Crippen LogP contribution in [0, 0.1) is 0 Å². The third-order valence-electron chi connectivity index (χ3n) is 1.11. The minimum atomic E-state index is -1.22. The molecule has 0 fully saturated rings. The Morgan fingerprint density at radius 3 is 1.58 bits per heavy atom. The van der Waals surface area contributed by atoms with Gasteiger partial charge in [-0.05, 0) is 34.6 Å². The van der Waals surface area contributed by atoms with Gasteiger partial charge in [-0.2, -0.15) is 0 Å². The minimum Gasteiger partial charge on any atom is -0.341 e. The van der Waals surface area contributed by atoms with Gasteiger partial charge in [0.15, 0.2) is 0 Å². The molecule has 0 amide bonds. The van der Waals surface area contributed by atoms with Gasteiger partial charge in [0.1, 0.15) is 0 Å². The quantitative estimate of drug-likeness (QED) is 0.593. The Kier molecular flexibility index (Phi) is 4.42. The molecule has 0 saturated carbocycles. The molecule has 3 heteroatoms. The van der Waals surface area contributed by atoms with Crippen LogP contribution in [-0.2, 0) is 14.3 Å². The first-order chi connectivity index (χ1) is 5.39. The van der Waals surface area contributed by atoms with E-state index in [0.29, 0.717) is 0 Å². The summed E-state index contributed by atoms with van der Waals surface area (Å²) in [6.45, 7) is 8.96. The zero-order valence-corrected chi connectivity index (χ0v) is 8.38. The summed E-state index contributed by atoms with van der Waals surface area (Å²) in [5.74, 6) is -1.22. The highest BCUT2D eigenvalue weighted by Gasteiger charge is 2.29. The Bertz CT molecular complexity index is 131. The van der Waals surface area contributed by atoms with Gasteiger partial charge in [-0.1, -0.05) is 0 Å². The second kappa shape index (κ2) is 4.58. The van der Waals surface area contributed by atoms with Crippen molar-refractivity contribution in [1.82, 2.24) is 0 Å². The highest BCUT2D eigenvalue weighted by Crippen LogP contribution is 2.14. The van der Waals surface area contributed by atoms with E-state index in [1.165, 1.54) is 0 Å². The van der Waals surface area contributed by atoms with E-state index in [1.807, 2.05) is 27.7 Å². The summed E-state index contributed by atoms with van der Waals surface area (Å²) in [5.41, 5.74) is 0. The molecular weight excluding hydrogens is 156 g/mol. The average Bonchev–Trinajstić information content (AvgIpc) is 1.83. The Labute approximate surface area is 74.0 Å². The maximum atomic E-state index is 10.5. The van der Waals surface area contributed by atoms with Gasteiger partial charge in [0, 0.05) is 0 Å². The van der Waals surface area contributed by atoms with E-state index in [2.05, 4.69) is 0 Å². The maximum Gasteiger partial charge on any atom is 0.262 e. The lowest BCUT2D eigenvalue weighted by molar-refractivity contribution is -0.213. The lowest BCUT2D eigenvalue weighted by atomic mass is 10.3. The van der Waals surface area contributed by atoms with E-state index >= 15 is 0 Å². The fraction of sp³-hybridized carbons (Fsp3) is 0.889. The summed E-state index contributed by atoms with van der Waals surface area (Å²) in [6, 6.07) is 0. The molecule has 12 heavy (non-hydrogen) atoms. The van der Waals surface area contributed by atoms with Crippen LogP contribution in [-0.4, -0.2) is 24.3 Å². The summed E-state index contributed by atoms with van der Waals surface area (Å²) >= 11 is 0. The highest BCUT2D eigenvalue weighted by atomic mass is 16.7. The summed E-state index contributed by atoms with van der Waals surface area (Å²) < 4.78 is 10.5. The first kappa shape index (κ1) is 11.6. The van der Waals surface area contributed by atoms with Crippen LogP contribution in [0.4, 0.5) is 0 Å². The predicted octanol–water partition coefficient (Wildman–Crippen LogP) is 1.66. The zero-order valence-electron chi connectivity index (χ0n) is 8.38. The predicted molar refractivity (Wildman–Crippen MR) is 46.5 cm³/mol. The Balaban J connectivity index is 4.14. The SMILES string of the molecule is CC(C)OC(C)([C]=O)OC(C)C. The number of carbonyl (C=O) groups excluding carboxylic acids is 1. The van der Waals surface area contributed by atoms with Crippen LogP contribution >= 0.6 is 0 Å². The summed E-state index contributed by atoms with van der Waals surface area (Å²) in [7, 11) is 0. The number of hydrogen-bond donors (Lipinski definition) is 0. The van der Waals surface area contributed by atoms with Crippen LogP contribution in [0.25, 0.3) is 0 Å². The van der Waals surface area contributed by atoms with Gasteiger partial charge in [0.05, 0.1) is 12.2 Å². The number of hydrogen-bond acceptors (Lipinski definition) is 3. The molecule has 3 nitrogen and oxygen atoms in total. The Morgan fingerprint density at radius 1 is 1.08 bits per heavy atom. The molecule has 0 spiro atoms. The topological polar surface area (TPSA) is 35.5 Å². The largest absolute Gasteiger partial charge is 0.341 e. The minimum absolute atomic E-state index is 0.0461. The maximum absolute atomic E-state index is 10.5. The molecule has 0 atom stereocenters. The molecular formula is C9H17O3. The fourth-order valence-electron chi connectivity index (χ4n) is 0.975. The van der Waals surface area contributed by atoms with Crippen molar-refractivity contribution in [2.45, 2.75) is 52.6 Å². The molecule has 0 aromatic carbocycles. The molecule has 0 saturated heterocycles. The highest BCUT2D eigenvalue weighted by molar-refractivity contribution is 5.60. The molecule has 0 aliphatic rings. The zero-order chi connectivity index (χ0) is 9.78. The van der Waals surface area contributed by atoms with Crippen LogP contribution in [0.15, 0.2) is 0 Å². The average molecular weight is 173 g/mol.